The Hall–Kier alpha value is -5.35. The summed E-state index contributed by atoms with van der Waals surface area (Å²) in [4.78, 5) is 9.17. The first-order valence-electron chi connectivity index (χ1n) is 16.1. The van der Waals surface area contributed by atoms with Crippen molar-refractivity contribution in [2.75, 3.05) is 0 Å². The van der Waals surface area contributed by atoms with Crippen molar-refractivity contribution >= 4 is 43.9 Å². The van der Waals surface area contributed by atoms with E-state index < -0.39 is 0 Å². The van der Waals surface area contributed by atoms with Crippen LogP contribution in [0, 0.1) is 32.9 Å². The molecule has 0 fully saturated rings. The van der Waals surface area contributed by atoms with Gasteiger partial charge in [0.25, 0.3) is 0 Å². The summed E-state index contributed by atoms with van der Waals surface area (Å²) in [6, 6.07) is 45.8. The second-order valence-corrected chi connectivity index (χ2v) is 12.3. The van der Waals surface area contributed by atoms with Crippen LogP contribution in [-0.4, -0.2) is 9.97 Å². The molecule has 0 unspecified atom stereocenters. The van der Waals surface area contributed by atoms with Gasteiger partial charge in [0.2, 0.25) is 0 Å². The van der Waals surface area contributed by atoms with E-state index in [1.54, 1.807) is 0 Å². The molecule has 9 aromatic rings. The smallest absolute Gasteiger partial charge is 0.121 e. The number of rotatable bonds is 4. The minimum Gasteiger partial charge on any atom is -0.501 e. The van der Waals surface area contributed by atoms with Gasteiger partial charge >= 0.3 is 0 Å². The third-order valence-corrected chi connectivity index (χ3v) is 8.80. The molecule has 5 aromatic carbocycles. The Morgan fingerprint density at radius 1 is 0.551 bits per heavy atom. The number of aryl methyl sites for hydroxylation is 3. The van der Waals surface area contributed by atoms with Gasteiger partial charge in [-0.3, -0.25) is 0 Å². The average molecular weight is 813 g/mol. The van der Waals surface area contributed by atoms with Gasteiger partial charge in [0.1, 0.15) is 11.2 Å². The molecular formula is C44H32IrN2O2-2. The van der Waals surface area contributed by atoms with Crippen LogP contribution in [0.15, 0.2) is 136 Å². The van der Waals surface area contributed by atoms with Gasteiger partial charge < -0.3 is 18.8 Å². The quantitative estimate of drug-likeness (QED) is 0.166. The molecule has 0 saturated carbocycles. The van der Waals surface area contributed by atoms with Gasteiger partial charge in [0, 0.05) is 43.3 Å². The van der Waals surface area contributed by atoms with Crippen molar-refractivity contribution in [2.24, 2.45) is 0 Å². The Labute approximate surface area is 298 Å². The van der Waals surface area contributed by atoms with Crippen LogP contribution < -0.4 is 0 Å². The topological polar surface area (TPSA) is 52.1 Å². The van der Waals surface area contributed by atoms with Gasteiger partial charge in [-0.2, -0.15) is 0 Å². The Bertz CT molecular complexity index is 2570. The largest absolute Gasteiger partial charge is 0.501 e. The van der Waals surface area contributed by atoms with Crippen LogP contribution in [-0.2, 0) is 26.5 Å². The van der Waals surface area contributed by atoms with Crippen LogP contribution in [0.25, 0.3) is 66.4 Å². The van der Waals surface area contributed by atoms with Crippen molar-refractivity contribution in [3.8, 4) is 22.5 Å². The minimum absolute atomic E-state index is 0. The van der Waals surface area contributed by atoms with E-state index in [-0.39, 0.29) is 20.1 Å². The molecule has 4 heterocycles. The van der Waals surface area contributed by atoms with Crippen molar-refractivity contribution in [2.45, 2.75) is 27.2 Å². The normalized spacial score (nSPS) is 11.1. The molecular weight excluding hydrogens is 781 g/mol. The minimum atomic E-state index is 0. The molecule has 49 heavy (non-hydrogen) atoms. The zero-order chi connectivity index (χ0) is 32.6. The van der Waals surface area contributed by atoms with Crippen molar-refractivity contribution < 1.29 is 28.9 Å². The standard InChI is InChI=1S/C25H18NO.C19H14NO.Ir/c1-17-16-26-23(15-19(17)14-18-8-3-2-4-9-18)22-12-7-11-21-20-10-5-6-13-24(20)27-25(21)22;1-12-6-8-14-15-4-3-5-16(19(15)21-18(14)10-12)17-9-7-13(2)11-20-17;/h2-11,13,15-16H,14H2,1H3;3-4,6-11H,1-2H3;/q2*-1;. The predicted octanol–water partition coefficient (Wildman–Crippen LogP) is 11.4. The summed E-state index contributed by atoms with van der Waals surface area (Å²) in [5.74, 6) is 0. The van der Waals surface area contributed by atoms with E-state index in [2.05, 4.69) is 103 Å². The summed E-state index contributed by atoms with van der Waals surface area (Å²) in [6.45, 7) is 6.22. The van der Waals surface area contributed by atoms with Crippen LogP contribution in [0.3, 0.4) is 0 Å². The Balaban J connectivity index is 0.000000156. The van der Waals surface area contributed by atoms with Gasteiger partial charge in [0.05, 0.1) is 11.2 Å². The molecule has 0 amide bonds. The van der Waals surface area contributed by atoms with Crippen molar-refractivity contribution in [3.63, 3.8) is 0 Å². The number of aromatic nitrogens is 2. The summed E-state index contributed by atoms with van der Waals surface area (Å²) in [5, 5.41) is 4.48. The number of pyridine rings is 2. The molecule has 0 aliphatic heterocycles. The van der Waals surface area contributed by atoms with Crippen LogP contribution in [0.5, 0.6) is 0 Å². The molecule has 1 radical (unpaired) electrons. The van der Waals surface area contributed by atoms with E-state index in [0.29, 0.717) is 0 Å². The number of para-hydroxylation sites is 1. The maximum Gasteiger partial charge on any atom is 0.121 e. The van der Waals surface area contributed by atoms with Crippen LogP contribution in [0.2, 0.25) is 0 Å². The number of benzene rings is 5. The first kappa shape index (κ1) is 32.2. The zero-order valence-corrected chi connectivity index (χ0v) is 29.8. The summed E-state index contributed by atoms with van der Waals surface area (Å²) >= 11 is 0. The number of hydrogen-bond acceptors (Lipinski definition) is 4. The van der Waals surface area contributed by atoms with E-state index in [1.807, 2.05) is 67.8 Å². The zero-order valence-electron chi connectivity index (χ0n) is 27.4. The third kappa shape index (κ3) is 6.31. The fourth-order valence-corrected chi connectivity index (χ4v) is 6.24. The van der Waals surface area contributed by atoms with Crippen molar-refractivity contribution in [1.82, 2.24) is 9.97 Å². The molecule has 5 heteroatoms. The summed E-state index contributed by atoms with van der Waals surface area (Å²) < 4.78 is 12.2. The molecule has 0 spiro atoms. The summed E-state index contributed by atoms with van der Waals surface area (Å²) in [6.07, 6.45) is 4.70. The molecule has 0 aliphatic carbocycles. The van der Waals surface area contributed by atoms with Gasteiger partial charge in [-0.15, -0.1) is 36.4 Å². The molecule has 9 rings (SSSR count). The van der Waals surface area contributed by atoms with Crippen LogP contribution >= 0.6 is 0 Å². The molecule has 4 aromatic heterocycles. The molecule has 241 valence electrons. The SMILES string of the molecule is Cc1ccc(-c2[c-]ccc3c2oc2cc(C)ccc23)nc1.Cc1cnc(-c2[c-]ccc3c2oc2ccccc23)cc1Cc1ccccc1.[Ir]. The Kier molecular flexibility index (Phi) is 8.97. The molecule has 4 nitrogen and oxygen atoms in total. The average Bonchev–Trinajstić information content (AvgIpc) is 3.68. The van der Waals surface area contributed by atoms with E-state index in [1.165, 1.54) is 22.3 Å². The van der Waals surface area contributed by atoms with E-state index in [0.717, 1.165) is 78.4 Å². The number of fused-ring (bicyclic) bond motifs is 6. The fraction of sp³-hybridized carbons (Fsp3) is 0.0909. The molecule has 0 N–H and O–H groups in total. The second-order valence-electron chi connectivity index (χ2n) is 12.3. The number of hydrogen-bond donors (Lipinski definition) is 0. The van der Waals surface area contributed by atoms with E-state index >= 15 is 0 Å². The Morgan fingerprint density at radius 3 is 1.92 bits per heavy atom. The maximum atomic E-state index is 6.16. The van der Waals surface area contributed by atoms with E-state index in [9.17, 15) is 0 Å². The number of furan rings is 2. The van der Waals surface area contributed by atoms with Gasteiger partial charge in [-0.05, 0) is 78.5 Å². The van der Waals surface area contributed by atoms with Crippen molar-refractivity contribution in [1.29, 1.82) is 0 Å². The monoisotopic (exact) mass is 813 g/mol. The number of nitrogens with zero attached hydrogens (tertiary/aromatic N) is 2. The van der Waals surface area contributed by atoms with E-state index in [4.69, 9.17) is 8.83 Å². The van der Waals surface area contributed by atoms with Gasteiger partial charge in [0.15, 0.2) is 0 Å². The fourth-order valence-electron chi connectivity index (χ4n) is 6.24. The van der Waals surface area contributed by atoms with Gasteiger partial charge in [-0.1, -0.05) is 101 Å². The molecule has 0 saturated heterocycles. The molecule has 0 atom stereocenters. The van der Waals surface area contributed by atoms with Crippen LogP contribution in [0.4, 0.5) is 0 Å². The third-order valence-electron chi connectivity index (χ3n) is 8.80. The van der Waals surface area contributed by atoms with Crippen molar-refractivity contribution in [3.05, 3.63) is 168 Å². The summed E-state index contributed by atoms with van der Waals surface area (Å²) in [5.41, 5.74) is 13.2. The maximum absolute atomic E-state index is 6.16. The summed E-state index contributed by atoms with van der Waals surface area (Å²) in [7, 11) is 0. The molecule has 0 bridgehead atoms. The predicted molar refractivity (Wildman–Crippen MR) is 195 cm³/mol. The van der Waals surface area contributed by atoms with Crippen LogP contribution in [0.1, 0.15) is 27.8 Å². The first-order chi connectivity index (χ1) is 23.5. The first-order valence-corrected chi connectivity index (χ1v) is 16.1. The second kappa shape index (κ2) is 13.6. The van der Waals surface area contributed by atoms with Gasteiger partial charge in [-0.25, -0.2) is 0 Å². The Morgan fingerprint density at radius 2 is 1.18 bits per heavy atom. The molecule has 0 aliphatic rings.